The molecule has 1 fully saturated rings. The molecule has 4 aromatic rings. The standard InChI is InChI=1S/C22H18BrN5O3/c23-16-5-3-15(4-6-16)19-17(14-29)20-21(24-7-8-28(20)25-19)26-9-11-27(12-10-26)22(30)18-2-1-13-31-18/h1-8,13-14H,9-12H2. The number of rotatable bonds is 4. The van der Waals surface area contributed by atoms with Gasteiger partial charge in [0, 0.05) is 48.6 Å². The van der Waals surface area contributed by atoms with Gasteiger partial charge in [-0.15, -0.1) is 0 Å². The second-order valence-corrected chi connectivity index (χ2v) is 8.10. The molecule has 1 amide bonds. The zero-order valence-electron chi connectivity index (χ0n) is 16.4. The summed E-state index contributed by atoms with van der Waals surface area (Å²) in [4.78, 5) is 33.0. The number of amides is 1. The number of carbonyl (C=O) groups excluding carboxylic acids is 2. The monoisotopic (exact) mass is 479 g/mol. The van der Waals surface area contributed by atoms with Gasteiger partial charge in [-0.1, -0.05) is 28.1 Å². The molecule has 0 N–H and O–H groups in total. The van der Waals surface area contributed by atoms with E-state index in [1.165, 1.54) is 6.26 Å². The normalized spacial score (nSPS) is 14.2. The molecular formula is C22H18BrN5O3. The second-order valence-electron chi connectivity index (χ2n) is 7.19. The van der Waals surface area contributed by atoms with E-state index in [1.54, 1.807) is 33.9 Å². The lowest BCUT2D eigenvalue weighted by Gasteiger charge is -2.35. The molecular weight excluding hydrogens is 462 g/mol. The number of benzene rings is 1. The van der Waals surface area contributed by atoms with E-state index in [4.69, 9.17) is 4.42 Å². The minimum absolute atomic E-state index is 0.119. The van der Waals surface area contributed by atoms with Crippen molar-refractivity contribution in [2.24, 2.45) is 0 Å². The van der Waals surface area contributed by atoms with E-state index in [-0.39, 0.29) is 5.91 Å². The van der Waals surface area contributed by atoms with Crippen LogP contribution in [-0.2, 0) is 0 Å². The van der Waals surface area contributed by atoms with Crippen LogP contribution in [0, 0.1) is 0 Å². The zero-order valence-corrected chi connectivity index (χ0v) is 18.0. The van der Waals surface area contributed by atoms with Crippen molar-refractivity contribution < 1.29 is 14.0 Å². The van der Waals surface area contributed by atoms with Crippen LogP contribution in [0.2, 0.25) is 0 Å². The largest absolute Gasteiger partial charge is 0.459 e. The van der Waals surface area contributed by atoms with Crippen LogP contribution >= 0.6 is 15.9 Å². The number of carbonyl (C=O) groups is 2. The van der Waals surface area contributed by atoms with Gasteiger partial charge in [0.15, 0.2) is 17.9 Å². The molecule has 0 saturated carbocycles. The lowest BCUT2D eigenvalue weighted by atomic mass is 10.1. The first-order valence-corrected chi connectivity index (χ1v) is 10.6. The summed E-state index contributed by atoms with van der Waals surface area (Å²) in [6.45, 7) is 2.26. The topological polar surface area (TPSA) is 84.0 Å². The van der Waals surface area contributed by atoms with Crippen molar-refractivity contribution in [2.45, 2.75) is 0 Å². The molecule has 8 nitrogen and oxygen atoms in total. The number of aldehydes is 1. The van der Waals surface area contributed by atoms with E-state index in [0.29, 0.717) is 54.5 Å². The molecule has 1 saturated heterocycles. The second kappa shape index (κ2) is 7.99. The van der Waals surface area contributed by atoms with E-state index in [9.17, 15) is 9.59 Å². The van der Waals surface area contributed by atoms with Gasteiger partial charge in [0.05, 0.1) is 11.8 Å². The van der Waals surface area contributed by atoms with E-state index in [2.05, 4.69) is 30.9 Å². The SMILES string of the molecule is O=Cc1c(-c2ccc(Br)cc2)nn2ccnc(N3CCN(C(=O)c4ccco4)CC3)c12. The van der Waals surface area contributed by atoms with Crippen LogP contribution in [-0.4, -0.2) is 57.9 Å². The Balaban J connectivity index is 1.46. The number of anilines is 1. The molecule has 1 aromatic carbocycles. The van der Waals surface area contributed by atoms with Crippen LogP contribution in [0.25, 0.3) is 16.8 Å². The van der Waals surface area contributed by atoms with Crippen molar-refractivity contribution >= 4 is 39.5 Å². The summed E-state index contributed by atoms with van der Waals surface area (Å²) < 4.78 is 7.88. The molecule has 0 bridgehead atoms. The van der Waals surface area contributed by atoms with Crippen LogP contribution in [0.5, 0.6) is 0 Å². The first kappa shape index (κ1) is 19.5. The smallest absolute Gasteiger partial charge is 0.289 e. The lowest BCUT2D eigenvalue weighted by Crippen LogP contribution is -2.49. The lowest BCUT2D eigenvalue weighted by molar-refractivity contribution is 0.0714. The van der Waals surface area contributed by atoms with Crippen LogP contribution in [0.15, 0.2) is 63.9 Å². The third kappa shape index (κ3) is 3.50. The molecule has 5 rings (SSSR count). The van der Waals surface area contributed by atoms with E-state index >= 15 is 0 Å². The van der Waals surface area contributed by atoms with Gasteiger partial charge >= 0.3 is 0 Å². The highest BCUT2D eigenvalue weighted by molar-refractivity contribution is 9.10. The van der Waals surface area contributed by atoms with E-state index < -0.39 is 0 Å². The van der Waals surface area contributed by atoms with Crippen molar-refractivity contribution in [2.75, 3.05) is 31.1 Å². The van der Waals surface area contributed by atoms with Gasteiger partial charge in [-0.3, -0.25) is 9.59 Å². The summed E-state index contributed by atoms with van der Waals surface area (Å²) in [5, 5.41) is 4.64. The van der Waals surface area contributed by atoms with Crippen LogP contribution < -0.4 is 4.90 Å². The maximum Gasteiger partial charge on any atom is 0.289 e. The Morgan fingerprint density at radius 2 is 1.87 bits per heavy atom. The number of hydrogen-bond acceptors (Lipinski definition) is 6. The molecule has 31 heavy (non-hydrogen) atoms. The molecule has 0 radical (unpaired) electrons. The van der Waals surface area contributed by atoms with Gasteiger partial charge in [0.25, 0.3) is 5.91 Å². The molecule has 0 unspecified atom stereocenters. The number of nitrogens with zero attached hydrogens (tertiary/aromatic N) is 5. The summed E-state index contributed by atoms with van der Waals surface area (Å²) in [7, 11) is 0. The first-order chi connectivity index (χ1) is 15.2. The summed E-state index contributed by atoms with van der Waals surface area (Å²) >= 11 is 3.43. The van der Waals surface area contributed by atoms with Crippen molar-refractivity contribution in [3.63, 3.8) is 0 Å². The number of fused-ring (bicyclic) bond motifs is 1. The van der Waals surface area contributed by atoms with Gasteiger partial charge in [-0.05, 0) is 24.3 Å². The Hall–Kier alpha value is -3.46. The Morgan fingerprint density at radius 3 is 2.55 bits per heavy atom. The number of aromatic nitrogens is 3. The van der Waals surface area contributed by atoms with Gasteiger partial charge in [-0.25, -0.2) is 9.50 Å². The maximum atomic E-state index is 12.5. The molecule has 1 aliphatic heterocycles. The summed E-state index contributed by atoms with van der Waals surface area (Å²) in [6, 6.07) is 11.1. The Kier molecular flexibility index (Phi) is 5.03. The van der Waals surface area contributed by atoms with Gasteiger partial charge in [0.1, 0.15) is 11.2 Å². The summed E-state index contributed by atoms with van der Waals surface area (Å²) in [5.41, 5.74) is 2.64. The van der Waals surface area contributed by atoms with E-state index in [1.807, 2.05) is 24.3 Å². The summed E-state index contributed by atoms with van der Waals surface area (Å²) in [5.74, 6) is 0.906. The number of halogens is 1. The van der Waals surface area contributed by atoms with Crippen molar-refractivity contribution in [1.29, 1.82) is 0 Å². The average Bonchev–Trinajstić information content (AvgIpc) is 3.47. The fourth-order valence-corrected chi connectivity index (χ4v) is 4.11. The van der Waals surface area contributed by atoms with Crippen molar-refractivity contribution in [1.82, 2.24) is 19.5 Å². The quantitative estimate of drug-likeness (QED) is 0.416. The molecule has 3 aromatic heterocycles. The highest BCUT2D eigenvalue weighted by Gasteiger charge is 2.27. The molecule has 4 heterocycles. The Bertz CT molecular complexity index is 1240. The molecule has 9 heteroatoms. The van der Waals surface area contributed by atoms with Crippen molar-refractivity contribution in [3.8, 4) is 11.3 Å². The van der Waals surface area contributed by atoms with Gasteiger partial charge < -0.3 is 14.2 Å². The van der Waals surface area contributed by atoms with Crippen molar-refractivity contribution in [3.05, 3.63) is 70.9 Å². The zero-order chi connectivity index (χ0) is 21.4. The van der Waals surface area contributed by atoms with Gasteiger partial charge in [0.2, 0.25) is 0 Å². The van der Waals surface area contributed by atoms with Gasteiger partial charge in [-0.2, -0.15) is 5.10 Å². The predicted molar refractivity (Wildman–Crippen MR) is 118 cm³/mol. The highest BCUT2D eigenvalue weighted by atomic mass is 79.9. The third-order valence-corrected chi connectivity index (χ3v) is 5.93. The highest BCUT2D eigenvalue weighted by Crippen LogP contribution is 2.31. The predicted octanol–water partition coefficient (Wildman–Crippen LogP) is 3.53. The summed E-state index contributed by atoms with van der Waals surface area (Å²) in [6.07, 6.45) is 5.75. The minimum Gasteiger partial charge on any atom is -0.459 e. The third-order valence-electron chi connectivity index (χ3n) is 5.40. The number of furan rings is 1. The fourth-order valence-electron chi connectivity index (χ4n) is 3.85. The Morgan fingerprint density at radius 1 is 1.10 bits per heavy atom. The van der Waals surface area contributed by atoms with Crippen LogP contribution in [0.3, 0.4) is 0 Å². The first-order valence-electron chi connectivity index (χ1n) is 9.82. The van der Waals surface area contributed by atoms with Crippen LogP contribution in [0.1, 0.15) is 20.9 Å². The van der Waals surface area contributed by atoms with E-state index in [0.717, 1.165) is 16.3 Å². The molecule has 0 aliphatic carbocycles. The molecule has 1 aliphatic rings. The minimum atomic E-state index is -0.119. The fraction of sp³-hybridized carbons (Fsp3) is 0.182. The number of hydrogen-bond donors (Lipinski definition) is 0. The maximum absolute atomic E-state index is 12.5. The van der Waals surface area contributed by atoms with Crippen LogP contribution in [0.4, 0.5) is 5.82 Å². The Labute approximate surface area is 186 Å². The molecule has 156 valence electrons. The molecule has 0 spiro atoms. The molecule has 0 atom stereocenters. The average molecular weight is 480 g/mol. The number of piperazine rings is 1.